The van der Waals surface area contributed by atoms with E-state index in [-0.39, 0.29) is 11.4 Å². The molecule has 1 unspecified atom stereocenters. The van der Waals surface area contributed by atoms with E-state index in [0.29, 0.717) is 9.13 Å². The van der Waals surface area contributed by atoms with Gasteiger partial charge in [0, 0.05) is 9.13 Å². The number of rotatable bonds is 2. The van der Waals surface area contributed by atoms with E-state index in [1.54, 1.807) is 12.1 Å². The van der Waals surface area contributed by atoms with E-state index in [4.69, 9.17) is 0 Å². The molecule has 0 radical (unpaired) electrons. The predicted molar refractivity (Wildman–Crippen MR) is 69.6 cm³/mol. The van der Waals surface area contributed by atoms with Crippen molar-refractivity contribution in [1.82, 2.24) is 0 Å². The van der Waals surface area contributed by atoms with E-state index in [0.717, 1.165) is 0 Å². The second-order valence-electron chi connectivity index (χ2n) is 3.59. The molecular formula is C13H9F2IO. The van der Waals surface area contributed by atoms with E-state index >= 15 is 0 Å². The Morgan fingerprint density at radius 1 is 1.00 bits per heavy atom. The summed E-state index contributed by atoms with van der Waals surface area (Å²) in [5.41, 5.74) is 0.689. The first kappa shape index (κ1) is 12.4. The first-order chi connectivity index (χ1) is 8.09. The lowest BCUT2D eigenvalue weighted by Gasteiger charge is -2.14. The zero-order valence-corrected chi connectivity index (χ0v) is 10.9. The average molecular weight is 346 g/mol. The molecule has 1 N–H and O–H groups in total. The van der Waals surface area contributed by atoms with Gasteiger partial charge in [-0.3, -0.25) is 0 Å². The summed E-state index contributed by atoms with van der Waals surface area (Å²) < 4.78 is 27.0. The van der Waals surface area contributed by atoms with Crippen molar-refractivity contribution in [3.05, 3.63) is 68.8 Å². The average Bonchev–Trinajstić information content (AvgIpc) is 2.29. The van der Waals surface area contributed by atoms with Gasteiger partial charge in [-0.2, -0.15) is 0 Å². The molecule has 0 aromatic heterocycles. The molecule has 17 heavy (non-hydrogen) atoms. The van der Waals surface area contributed by atoms with Crippen LogP contribution in [0.4, 0.5) is 8.78 Å². The largest absolute Gasteiger partial charge is 0.384 e. The second-order valence-corrected chi connectivity index (χ2v) is 4.75. The summed E-state index contributed by atoms with van der Waals surface area (Å²) in [7, 11) is 0. The van der Waals surface area contributed by atoms with Gasteiger partial charge in [0.25, 0.3) is 0 Å². The van der Waals surface area contributed by atoms with Crippen LogP contribution in [0.25, 0.3) is 0 Å². The minimum Gasteiger partial charge on any atom is -0.384 e. The van der Waals surface area contributed by atoms with Crippen molar-refractivity contribution in [1.29, 1.82) is 0 Å². The van der Waals surface area contributed by atoms with E-state index in [2.05, 4.69) is 0 Å². The molecule has 0 aliphatic carbocycles. The first-order valence-electron chi connectivity index (χ1n) is 4.97. The van der Waals surface area contributed by atoms with Crippen LogP contribution < -0.4 is 0 Å². The maximum Gasteiger partial charge on any atom is 0.129 e. The summed E-state index contributed by atoms with van der Waals surface area (Å²) in [4.78, 5) is 0. The lowest BCUT2D eigenvalue weighted by Crippen LogP contribution is -2.04. The Balaban J connectivity index is 2.44. The zero-order chi connectivity index (χ0) is 12.4. The smallest absolute Gasteiger partial charge is 0.129 e. The van der Waals surface area contributed by atoms with Gasteiger partial charge >= 0.3 is 0 Å². The van der Waals surface area contributed by atoms with E-state index in [1.165, 1.54) is 30.3 Å². The number of hydrogen-bond acceptors (Lipinski definition) is 1. The Kier molecular flexibility index (Phi) is 3.73. The first-order valence-corrected chi connectivity index (χ1v) is 6.05. The molecular weight excluding hydrogens is 337 g/mol. The lowest BCUT2D eigenvalue weighted by atomic mass is 10.0. The van der Waals surface area contributed by atoms with Crippen molar-refractivity contribution < 1.29 is 13.9 Å². The fraction of sp³-hybridized carbons (Fsp3) is 0.0769. The van der Waals surface area contributed by atoms with Crippen molar-refractivity contribution in [2.45, 2.75) is 6.10 Å². The summed E-state index contributed by atoms with van der Waals surface area (Å²) >= 11 is 1.92. The lowest BCUT2D eigenvalue weighted by molar-refractivity contribution is 0.214. The van der Waals surface area contributed by atoms with Crippen LogP contribution in [-0.2, 0) is 0 Å². The van der Waals surface area contributed by atoms with Crippen LogP contribution >= 0.6 is 22.6 Å². The molecule has 0 aliphatic rings. The van der Waals surface area contributed by atoms with Gasteiger partial charge in [0.1, 0.15) is 17.7 Å². The Morgan fingerprint density at radius 3 is 2.35 bits per heavy atom. The minimum absolute atomic E-state index is 0.192. The summed E-state index contributed by atoms with van der Waals surface area (Å²) in [5, 5.41) is 10.1. The summed E-state index contributed by atoms with van der Waals surface area (Å²) in [6.45, 7) is 0. The molecule has 0 spiro atoms. The van der Waals surface area contributed by atoms with Crippen molar-refractivity contribution in [2.24, 2.45) is 0 Å². The Bertz CT molecular complexity index is 543. The molecule has 2 rings (SSSR count). The van der Waals surface area contributed by atoms with E-state index in [9.17, 15) is 13.9 Å². The van der Waals surface area contributed by atoms with Gasteiger partial charge in [0.2, 0.25) is 0 Å². The van der Waals surface area contributed by atoms with Crippen molar-refractivity contribution >= 4 is 22.6 Å². The molecule has 0 bridgehead atoms. The molecule has 0 saturated carbocycles. The summed E-state index contributed by atoms with van der Waals surface area (Å²) in [5.74, 6) is -0.848. The van der Waals surface area contributed by atoms with Crippen molar-refractivity contribution in [3.8, 4) is 0 Å². The number of benzene rings is 2. The third kappa shape index (κ3) is 2.63. The van der Waals surface area contributed by atoms with Crippen LogP contribution in [0.15, 0.2) is 42.5 Å². The highest BCUT2D eigenvalue weighted by atomic mass is 127. The zero-order valence-electron chi connectivity index (χ0n) is 8.70. The number of halogens is 3. The molecule has 1 nitrogen and oxygen atoms in total. The molecule has 2 aromatic carbocycles. The summed E-state index contributed by atoms with van der Waals surface area (Å²) in [6.07, 6.45) is -1.08. The number of aliphatic hydroxyl groups excluding tert-OH is 1. The maximum atomic E-state index is 13.5. The highest BCUT2D eigenvalue weighted by molar-refractivity contribution is 14.1. The Morgan fingerprint density at radius 2 is 1.71 bits per heavy atom. The molecule has 2 aromatic rings. The molecule has 4 heteroatoms. The van der Waals surface area contributed by atoms with Crippen LogP contribution in [0.2, 0.25) is 0 Å². The second kappa shape index (κ2) is 5.10. The highest BCUT2D eigenvalue weighted by Gasteiger charge is 2.17. The Hall–Kier alpha value is -1.01. The third-order valence-electron chi connectivity index (χ3n) is 2.46. The molecule has 0 amide bonds. The fourth-order valence-electron chi connectivity index (χ4n) is 1.59. The fourth-order valence-corrected chi connectivity index (χ4v) is 2.36. The topological polar surface area (TPSA) is 20.2 Å². The monoisotopic (exact) mass is 346 g/mol. The van der Waals surface area contributed by atoms with Gasteiger partial charge in [-0.1, -0.05) is 24.3 Å². The van der Waals surface area contributed by atoms with Crippen molar-refractivity contribution in [3.63, 3.8) is 0 Å². The minimum atomic E-state index is -1.08. The van der Waals surface area contributed by atoms with Crippen molar-refractivity contribution in [2.75, 3.05) is 0 Å². The van der Waals surface area contributed by atoms with Gasteiger partial charge in [-0.25, -0.2) is 8.78 Å². The quantitative estimate of drug-likeness (QED) is 0.823. The molecule has 88 valence electrons. The number of hydrogen-bond donors (Lipinski definition) is 1. The van der Waals surface area contributed by atoms with Crippen LogP contribution in [0.3, 0.4) is 0 Å². The number of aliphatic hydroxyl groups is 1. The van der Waals surface area contributed by atoms with Gasteiger partial charge in [-0.15, -0.1) is 0 Å². The Labute approximate surface area is 111 Å². The molecule has 1 atom stereocenters. The molecule has 0 heterocycles. The van der Waals surface area contributed by atoms with Crippen LogP contribution in [0.1, 0.15) is 17.2 Å². The van der Waals surface area contributed by atoms with E-state index in [1.807, 2.05) is 22.6 Å². The normalized spacial score (nSPS) is 12.5. The van der Waals surface area contributed by atoms with Crippen LogP contribution in [0, 0.1) is 15.2 Å². The molecule has 0 saturated heterocycles. The van der Waals surface area contributed by atoms with Crippen LogP contribution in [0.5, 0.6) is 0 Å². The SMILES string of the molecule is OC(c1ccccc1F)c1ccc(F)cc1I. The third-order valence-corrected chi connectivity index (χ3v) is 3.39. The van der Waals surface area contributed by atoms with Gasteiger partial charge in [0.05, 0.1) is 0 Å². The highest BCUT2D eigenvalue weighted by Crippen LogP contribution is 2.28. The van der Waals surface area contributed by atoms with Gasteiger partial charge in [-0.05, 0) is 46.4 Å². The molecule has 0 fully saturated rings. The molecule has 0 aliphatic heterocycles. The maximum absolute atomic E-state index is 13.5. The standard InChI is InChI=1S/C13H9F2IO/c14-8-5-6-10(12(16)7-8)13(17)9-3-1-2-4-11(9)15/h1-7,13,17H. The van der Waals surface area contributed by atoms with Gasteiger partial charge in [0.15, 0.2) is 0 Å². The summed E-state index contributed by atoms with van der Waals surface area (Å²) in [6, 6.07) is 10.0. The predicted octanol–water partition coefficient (Wildman–Crippen LogP) is 3.65. The van der Waals surface area contributed by atoms with E-state index < -0.39 is 11.9 Å². The van der Waals surface area contributed by atoms with Crippen LogP contribution in [-0.4, -0.2) is 5.11 Å². The van der Waals surface area contributed by atoms with Gasteiger partial charge < -0.3 is 5.11 Å².